The second-order valence-corrected chi connectivity index (χ2v) is 4.39. The molecule has 0 radical (unpaired) electrons. The van der Waals surface area contributed by atoms with Gasteiger partial charge in [-0.15, -0.1) is 0 Å². The third kappa shape index (κ3) is 7.44. The van der Waals surface area contributed by atoms with Gasteiger partial charge in [-0.25, -0.2) is 0 Å². The molecule has 0 saturated carbocycles. The first kappa shape index (κ1) is 17.7. The van der Waals surface area contributed by atoms with Crippen LogP contribution in [0.4, 0.5) is 5.69 Å². The van der Waals surface area contributed by atoms with Crippen molar-refractivity contribution in [2.75, 3.05) is 32.2 Å². The van der Waals surface area contributed by atoms with E-state index in [0.717, 1.165) is 0 Å². The summed E-state index contributed by atoms with van der Waals surface area (Å²) >= 11 is 0. The topological polar surface area (TPSA) is 73.9 Å². The molecule has 1 amide bonds. The molecule has 0 aliphatic rings. The van der Waals surface area contributed by atoms with E-state index >= 15 is 0 Å². The minimum Gasteiger partial charge on any atom is -0.490 e. The maximum Gasteiger partial charge on any atom is 0.306 e. The zero-order chi connectivity index (χ0) is 16.2. The van der Waals surface area contributed by atoms with Gasteiger partial charge in [0.15, 0.2) is 0 Å². The predicted molar refractivity (Wildman–Crippen MR) is 82.8 cm³/mol. The largest absolute Gasteiger partial charge is 0.490 e. The molecule has 0 saturated heterocycles. The smallest absolute Gasteiger partial charge is 0.306 e. The highest BCUT2D eigenvalue weighted by molar-refractivity contribution is 5.92. The molecule has 0 unspecified atom stereocenters. The van der Waals surface area contributed by atoms with Crippen molar-refractivity contribution in [2.24, 2.45) is 0 Å². The molecule has 120 valence electrons. The Morgan fingerprint density at radius 1 is 1.18 bits per heavy atom. The molecule has 1 aromatic carbocycles. The van der Waals surface area contributed by atoms with E-state index in [2.05, 4.69) is 11.9 Å². The summed E-state index contributed by atoms with van der Waals surface area (Å²) in [4.78, 5) is 23.1. The summed E-state index contributed by atoms with van der Waals surface area (Å²) in [6.07, 6.45) is 1.76. The predicted octanol–water partition coefficient (Wildman–Crippen LogP) is 2.16. The number of anilines is 1. The number of esters is 1. The third-order valence-electron chi connectivity index (χ3n) is 2.61. The van der Waals surface area contributed by atoms with E-state index in [0.29, 0.717) is 24.7 Å². The van der Waals surface area contributed by atoms with Crippen LogP contribution in [0.15, 0.2) is 36.9 Å². The van der Waals surface area contributed by atoms with Crippen LogP contribution in [0, 0.1) is 0 Å². The number of hydrogen-bond acceptors (Lipinski definition) is 5. The fourth-order valence-electron chi connectivity index (χ4n) is 1.54. The summed E-state index contributed by atoms with van der Waals surface area (Å²) in [6, 6.07) is 6.96. The molecule has 1 N–H and O–H groups in total. The van der Waals surface area contributed by atoms with Crippen LogP contribution in [0.1, 0.15) is 12.8 Å². The normalized spacial score (nSPS) is 9.86. The monoisotopic (exact) mass is 307 g/mol. The van der Waals surface area contributed by atoms with Crippen LogP contribution in [0.2, 0.25) is 0 Å². The van der Waals surface area contributed by atoms with Crippen molar-refractivity contribution >= 4 is 17.6 Å². The van der Waals surface area contributed by atoms with Crippen molar-refractivity contribution in [3.05, 3.63) is 36.9 Å². The van der Waals surface area contributed by atoms with E-state index in [1.165, 1.54) is 7.11 Å². The molecule has 0 atom stereocenters. The van der Waals surface area contributed by atoms with Gasteiger partial charge in [0.25, 0.3) is 0 Å². The van der Waals surface area contributed by atoms with Gasteiger partial charge in [-0.1, -0.05) is 12.7 Å². The second-order valence-electron chi connectivity index (χ2n) is 4.39. The van der Waals surface area contributed by atoms with E-state index in [4.69, 9.17) is 14.2 Å². The lowest BCUT2D eigenvalue weighted by molar-refractivity contribution is -0.145. The molecule has 0 aromatic heterocycles. The van der Waals surface area contributed by atoms with E-state index in [-0.39, 0.29) is 25.4 Å². The molecule has 6 heteroatoms. The summed E-state index contributed by atoms with van der Waals surface area (Å²) in [7, 11) is 1.52. The second kappa shape index (κ2) is 10.4. The van der Waals surface area contributed by atoms with Crippen LogP contribution in [-0.4, -0.2) is 38.8 Å². The van der Waals surface area contributed by atoms with Crippen molar-refractivity contribution in [3.63, 3.8) is 0 Å². The molecule has 0 bridgehead atoms. The van der Waals surface area contributed by atoms with Gasteiger partial charge in [0, 0.05) is 19.2 Å². The maximum absolute atomic E-state index is 11.7. The molecule has 1 aromatic rings. The quantitative estimate of drug-likeness (QED) is 0.407. The molecule has 0 aliphatic carbocycles. The van der Waals surface area contributed by atoms with Gasteiger partial charge in [-0.2, -0.15) is 0 Å². The van der Waals surface area contributed by atoms with Gasteiger partial charge >= 0.3 is 5.97 Å². The number of rotatable bonds is 10. The lowest BCUT2D eigenvalue weighted by atomic mass is 10.2. The summed E-state index contributed by atoms with van der Waals surface area (Å²) in [5.41, 5.74) is 0.642. The minimum absolute atomic E-state index is 0.0378. The van der Waals surface area contributed by atoms with Crippen molar-refractivity contribution < 1.29 is 23.8 Å². The number of methoxy groups -OCH3 is 1. The van der Waals surface area contributed by atoms with Crippen molar-refractivity contribution in [2.45, 2.75) is 12.8 Å². The fraction of sp³-hybridized carbons (Fsp3) is 0.375. The van der Waals surface area contributed by atoms with E-state index < -0.39 is 5.97 Å². The molecule has 0 heterocycles. The van der Waals surface area contributed by atoms with Gasteiger partial charge in [0.2, 0.25) is 5.91 Å². The Kier molecular flexibility index (Phi) is 8.37. The molecule has 0 fully saturated rings. The highest BCUT2D eigenvalue weighted by Gasteiger charge is 2.08. The number of hydrogen-bond donors (Lipinski definition) is 1. The number of benzene rings is 1. The fourth-order valence-corrected chi connectivity index (χ4v) is 1.54. The highest BCUT2D eigenvalue weighted by Crippen LogP contribution is 2.16. The first-order valence-corrected chi connectivity index (χ1v) is 6.94. The molecular formula is C16H21NO5. The Morgan fingerprint density at radius 3 is 2.55 bits per heavy atom. The van der Waals surface area contributed by atoms with Gasteiger partial charge in [0.05, 0.1) is 13.0 Å². The Labute approximate surface area is 130 Å². The average Bonchev–Trinajstić information content (AvgIpc) is 2.52. The van der Waals surface area contributed by atoms with Gasteiger partial charge in [0.1, 0.15) is 19.0 Å². The lowest BCUT2D eigenvalue weighted by Gasteiger charge is -2.07. The summed E-state index contributed by atoms with van der Waals surface area (Å²) in [5, 5.41) is 2.70. The summed E-state index contributed by atoms with van der Waals surface area (Å²) in [6.45, 7) is 4.53. The molecule has 22 heavy (non-hydrogen) atoms. The van der Waals surface area contributed by atoms with Crippen LogP contribution in [-0.2, 0) is 19.1 Å². The molecule has 6 nitrogen and oxygen atoms in total. The van der Waals surface area contributed by atoms with Crippen molar-refractivity contribution in [1.82, 2.24) is 0 Å². The Hall–Kier alpha value is -2.34. The first-order chi connectivity index (χ1) is 10.7. The van der Waals surface area contributed by atoms with E-state index in [1.54, 1.807) is 30.3 Å². The Bertz CT molecular complexity index is 484. The number of nitrogens with one attached hydrogen (secondary N) is 1. The standard InChI is InChI=1S/C16H21NO5/c1-3-10-21-14-6-4-13(5-7-14)17-15(18)8-9-16(19)22-12-11-20-2/h3-7H,1,8-12H2,2H3,(H,17,18). The zero-order valence-corrected chi connectivity index (χ0v) is 12.7. The molecule has 1 rings (SSSR count). The lowest BCUT2D eigenvalue weighted by Crippen LogP contribution is -2.15. The SMILES string of the molecule is C=CCOc1ccc(NC(=O)CCC(=O)OCCOC)cc1. The van der Waals surface area contributed by atoms with E-state index in [1.807, 2.05) is 0 Å². The van der Waals surface area contributed by atoms with Gasteiger partial charge < -0.3 is 19.5 Å². The van der Waals surface area contributed by atoms with Crippen molar-refractivity contribution in [1.29, 1.82) is 0 Å². The van der Waals surface area contributed by atoms with Crippen LogP contribution < -0.4 is 10.1 Å². The molecule has 0 aliphatic heterocycles. The van der Waals surface area contributed by atoms with Crippen LogP contribution in [0.25, 0.3) is 0 Å². The first-order valence-electron chi connectivity index (χ1n) is 6.94. The Morgan fingerprint density at radius 2 is 1.91 bits per heavy atom. The van der Waals surface area contributed by atoms with Crippen LogP contribution in [0.3, 0.4) is 0 Å². The summed E-state index contributed by atoms with van der Waals surface area (Å²) < 4.78 is 15.0. The Balaban J connectivity index is 2.29. The van der Waals surface area contributed by atoms with Crippen molar-refractivity contribution in [3.8, 4) is 5.75 Å². The number of carbonyl (C=O) groups is 2. The van der Waals surface area contributed by atoms with Crippen LogP contribution in [0.5, 0.6) is 5.75 Å². The molecule has 0 spiro atoms. The average molecular weight is 307 g/mol. The highest BCUT2D eigenvalue weighted by atomic mass is 16.6. The van der Waals surface area contributed by atoms with Crippen LogP contribution >= 0.6 is 0 Å². The third-order valence-corrected chi connectivity index (χ3v) is 2.61. The zero-order valence-electron chi connectivity index (χ0n) is 12.7. The van der Waals surface area contributed by atoms with E-state index in [9.17, 15) is 9.59 Å². The number of carbonyl (C=O) groups excluding carboxylic acids is 2. The maximum atomic E-state index is 11.7. The number of ether oxygens (including phenoxy) is 3. The molecular weight excluding hydrogens is 286 g/mol. The van der Waals surface area contributed by atoms with Gasteiger partial charge in [-0.3, -0.25) is 9.59 Å². The summed E-state index contributed by atoms with van der Waals surface area (Å²) in [5.74, 6) is 0.0310. The minimum atomic E-state index is -0.416. The van der Waals surface area contributed by atoms with Gasteiger partial charge in [-0.05, 0) is 24.3 Å². The number of amides is 1.